The summed E-state index contributed by atoms with van der Waals surface area (Å²) in [6.45, 7) is 6.50. The van der Waals surface area contributed by atoms with Gasteiger partial charge in [0.25, 0.3) is 5.56 Å². The van der Waals surface area contributed by atoms with E-state index in [0.29, 0.717) is 54.5 Å². The van der Waals surface area contributed by atoms with Crippen molar-refractivity contribution in [2.75, 3.05) is 6.61 Å². The Bertz CT molecular complexity index is 2140. The Labute approximate surface area is 286 Å². The van der Waals surface area contributed by atoms with Crippen LogP contribution in [0.4, 0.5) is 0 Å². The first kappa shape index (κ1) is 32.5. The maximum Gasteiger partial charge on any atom is 0.338 e. The fraction of sp³-hybridized carbons (Fsp3) is 0.184. The van der Waals surface area contributed by atoms with Crippen LogP contribution < -0.4 is 19.6 Å². The lowest BCUT2D eigenvalue weighted by molar-refractivity contribution is -0.138. The van der Waals surface area contributed by atoms with E-state index < -0.39 is 12.0 Å². The number of fused-ring (bicyclic) bond motifs is 1. The number of hydrogen-bond acceptors (Lipinski definition) is 6. The molecule has 0 spiro atoms. The first-order chi connectivity index (χ1) is 22.7. The van der Waals surface area contributed by atoms with Crippen molar-refractivity contribution in [1.29, 1.82) is 0 Å². The number of ether oxygens (including phenoxy) is 2. The molecule has 0 saturated heterocycles. The first-order valence-electron chi connectivity index (χ1n) is 15.3. The molecule has 1 aromatic heterocycles. The van der Waals surface area contributed by atoms with Crippen molar-refractivity contribution in [1.82, 2.24) is 4.57 Å². The van der Waals surface area contributed by atoms with E-state index in [0.717, 1.165) is 22.3 Å². The van der Waals surface area contributed by atoms with Crippen molar-refractivity contribution in [2.45, 2.75) is 39.3 Å². The van der Waals surface area contributed by atoms with Crippen LogP contribution in [0.1, 0.15) is 60.5 Å². The van der Waals surface area contributed by atoms with Crippen molar-refractivity contribution in [2.24, 2.45) is 4.99 Å². The highest BCUT2D eigenvalue weighted by molar-refractivity contribution is 7.07. The van der Waals surface area contributed by atoms with Crippen LogP contribution in [0.2, 0.25) is 10.0 Å². The molecule has 6 rings (SSSR count). The number of aromatic nitrogens is 1. The molecule has 47 heavy (non-hydrogen) atoms. The molecule has 5 aromatic rings. The lowest BCUT2D eigenvalue weighted by Crippen LogP contribution is -2.40. The zero-order valence-corrected chi connectivity index (χ0v) is 28.4. The van der Waals surface area contributed by atoms with Crippen LogP contribution in [-0.4, -0.2) is 17.1 Å². The lowest BCUT2D eigenvalue weighted by atomic mass is 9.91. The molecule has 0 N–H and O–H groups in total. The van der Waals surface area contributed by atoms with Gasteiger partial charge < -0.3 is 9.47 Å². The zero-order chi connectivity index (χ0) is 33.1. The standard InChI is InChI=1S/C38H32Cl2N2O4S/c1-4-45-37(44)33-34(26-8-6-5-7-9-26)41-38-42(35(33)27-14-12-25(13-15-27)23(2)3)36(43)32(47-38)21-28-20-30(40)18-19-31(28)46-22-24-10-16-29(39)17-11-24/h5-21,23,35H,4,22H2,1-3H3/b32-21-/t35-/m1/s1. The Morgan fingerprint density at radius 3 is 2.34 bits per heavy atom. The van der Waals surface area contributed by atoms with E-state index >= 15 is 0 Å². The van der Waals surface area contributed by atoms with Crippen molar-refractivity contribution in [3.05, 3.63) is 160 Å². The summed E-state index contributed by atoms with van der Waals surface area (Å²) in [4.78, 5) is 33.5. The van der Waals surface area contributed by atoms with Gasteiger partial charge in [0, 0.05) is 21.2 Å². The van der Waals surface area contributed by atoms with Gasteiger partial charge in [0.05, 0.1) is 28.5 Å². The van der Waals surface area contributed by atoms with Gasteiger partial charge in [0.15, 0.2) is 4.80 Å². The molecule has 9 heteroatoms. The third-order valence-electron chi connectivity index (χ3n) is 7.86. The zero-order valence-electron chi connectivity index (χ0n) is 26.1. The Hall–Kier alpha value is -4.43. The van der Waals surface area contributed by atoms with Gasteiger partial charge in [-0.25, -0.2) is 9.79 Å². The largest absolute Gasteiger partial charge is 0.488 e. The molecule has 4 aromatic carbocycles. The van der Waals surface area contributed by atoms with Gasteiger partial charge in [-0.3, -0.25) is 9.36 Å². The number of esters is 1. The number of hydrogen-bond donors (Lipinski definition) is 0. The van der Waals surface area contributed by atoms with E-state index in [9.17, 15) is 9.59 Å². The minimum Gasteiger partial charge on any atom is -0.488 e. The van der Waals surface area contributed by atoms with E-state index in [1.807, 2.05) is 78.9 Å². The Kier molecular flexibility index (Phi) is 9.78. The van der Waals surface area contributed by atoms with Gasteiger partial charge in [-0.2, -0.15) is 0 Å². The maximum atomic E-state index is 14.4. The van der Waals surface area contributed by atoms with Crippen LogP contribution in [0.5, 0.6) is 5.75 Å². The van der Waals surface area contributed by atoms with Gasteiger partial charge in [0.1, 0.15) is 12.4 Å². The van der Waals surface area contributed by atoms with E-state index in [4.69, 9.17) is 37.7 Å². The normalized spacial score (nSPS) is 14.6. The lowest BCUT2D eigenvalue weighted by Gasteiger charge is -2.26. The Morgan fingerprint density at radius 1 is 0.957 bits per heavy atom. The predicted molar refractivity (Wildman–Crippen MR) is 189 cm³/mol. The molecular formula is C38H32Cl2N2O4S. The number of thiazole rings is 1. The van der Waals surface area contributed by atoms with E-state index in [1.54, 1.807) is 35.8 Å². The molecule has 0 aliphatic carbocycles. The van der Waals surface area contributed by atoms with E-state index in [1.165, 1.54) is 11.3 Å². The average Bonchev–Trinajstić information content (AvgIpc) is 3.38. The SMILES string of the molecule is CCOC(=O)C1=C(c2ccccc2)N=c2s/c(=C\c3cc(Cl)ccc3OCc3ccc(Cl)cc3)c(=O)n2[C@@H]1c1ccc(C(C)C)cc1. The number of rotatable bonds is 9. The number of carbonyl (C=O) groups is 1. The Balaban J connectivity index is 1.53. The van der Waals surface area contributed by atoms with Crippen LogP contribution in [0.3, 0.4) is 0 Å². The molecule has 1 atom stereocenters. The molecule has 0 bridgehead atoms. The van der Waals surface area contributed by atoms with Gasteiger partial charge >= 0.3 is 5.97 Å². The summed E-state index contributed by atoms with van der Waals surface area (Å²) < 4.78 is 13.8. The number of nitrogens with zero attached hydrogens (tertiary/aromatic N) is 2. The second-order valence-electron chi connectivity index (χ2n) is 11.4. The van der Waals surface area contributed by atoms with Crippen LogP contribution in [-0.2, 0) is 16.1 Å². The smallest absolute Gasteiger partial charge is 0.338 e. The van der Waals surface area contributed by atoms with Crippen LogP contribution in [0.25, 0.3) is 11.8 Å². The topological polar surface area (TPSA) is 69.9 Å². The molecule has 238 valence electrons. The average molecular weight is 684 g/mol. The molecule has 0 unspecified atom stereocenters. The van der Waals surface area contributed by atoms with Crippen LogP contribution in [0.15, 0.2) is 112 Å². The molecule has 1 aliphatic rings. The van der Waals surface area contributed by atoms with Crippen LogP contribution in [0, 0.1) is 0 Å². The quantitative estimate of drug-likeness (QED) is 0.148. The summed E-state index contributed by atoms with van der Waals surface area (Å²) in [7, 11) is 0. The maximum absolute atomic E-state index is 14.4. The minimum absolute atomic E-state index is 0.182. The van der Waals surface area contributed by atoms with E-state index in [2.05, 4.69) is 13.8 Å². The molecule has 2 heterocycles. The van der Waals surface area contributed by atoms with Gasteiger partial charge in [-0.05, 0) is 65.9 Å². The number of benzene rings is 4. The number of halogens is 2. The summed E-state index contributed by atoms with van der Waals surface area (Å²) in [5.74, 6) is 0.364. The third-order valence-corrected chi connectivity index (χ3v) is 9.33. The third kappa shape index (κ3) is 6.98. The van der Waals surface area contributed by atoms with Gasteiger partial charge in [0.2, 0.25) is 0 Å². The minimum atomic E-state index is -0.760. The van der Waals surface area contributed by atoms with Crippen molar-refractivity contribution >= 4 is 52.3 Å². The highest BCUT2D eigenvalue weighted by atomic mass is 35.5. The Morgan fingerprint density at radius 2 is 1.66 bits per heavy atom. The summed E-state index contributed by atoms with van der Waals surface area (Å²) in [6, 6.07) is 29.5. The summed E-state index contributed by atoms with van der Waals surface area (Å²) in [5.41, 5.74) is 4.77. The van der Waals surface area contributed by atoms with Crippen LogP contribution >= 0.6 is 34.5 Å². The fourth-order valence-electron chi connectivity index (χ4n) is 5.47. The van der Waals surface area contributed by atoms with Gasteiger partial charge in [-0.15, -0.1) is 0 Å². The predicted octanol–water partition coefficient (Wildman–Crippen LogP) is 7.94. The van der Waals surface area contributed by atoms with Crippen molar-refractivity contribution in [3.63, 3.8) is 0 Å². The number of carbonyl (C=O) groups excluding carboxylic acids is 1. The summed E-state index contributed by atoms with van der Waals surface area (Å²) >= 11 is 13.7. The first-order valence-corrected chi connectivity index (χ1v) is 16.9. The summed E-state index contributed by atoms with van der Waals surface area (Å²) in [5, 5.41) is 1.15. The molecule has 6 nitrogen and oxygen atoms in total. The molecule has 0 amide bonds. The summed E-state index contributed by atoms with van der Waals surface area (Å²) in [6.07, 6.45) is 1.77. The molecular weight excluding hydrogens is 651 g/mol. The molecule has 0 radical (unpaired) electrons. The van der Waals surface area contributed by atoms with E-state index in [-0.39, 0.29) is 12.2 Å². The molecule has 1 aliphatic heterocycles. The highest BCUT2D eigenvalue weighted by Crippen LogP contribution is 2.36. The molecule has 0 saturated carbocycles. The van der Waals surface area contributed by atoms with Gasteiger partial charge in [-0.1, -0.05) is 115 Å². The second kappa shape index (κ2) is 14.1. The highest BCUT2D eigenvalue weighted by Gasteiger charge is 2.35. The fourth-order valence-corrected chi connectivity index (χ4v) is 6.76. The monoisotopic (exact) mass is 682 g/mol. The van der Waals surface area contributed by atoms with Crippen molar-refractivity contribution in [3.8, 4) is 5.75 Å². The van der Waals surface area contributed by atoms with Crippen molar-refractivity contribution < 1.29 is 14.3 Å². The molecule has 0 fully saturated rings. The second-order valence-corrected chi connectivity index (χ2v) is 13.2.